The number of hydrogen-bond donors (Lipinski definition) is 1. The highest BCUT2D eigenvalue weighted by molar-refractivity contribution is 5.75. The third kappa shape index (κ3) is 1.89. The Labute approximate surface area is 93.7 Å². The number of ether oxygens (including phenoxy) is 1. The van der Waals surface area contributed by atoms with Crippen molar-refractivity contribution >= 4 is 12.1 Å². The zero-order valence-corrected chi connectivity index (χ0v) is 8.96. The van der Waals surface area contributed by atoms with Crippen LogP contribution < -0.4 is 0 Å². The summed E-state index contributed by atoms with van der Waals surface area (Å²) >= 11 is 0. The van der Waals surface area contributed by atoms with Gasteiger partial charge in [-0.2, -0.15) is 0 Å². The van der Waals surface area contributed by atoms with Crippen LogP contribution in [0.15, 0.2) is 12.7 Å². The lowest BCUT2D eigenvalue weighted by atomic mass is 10.1. The number of carboxylic acids is 1. The van der Waals surface area contributed by atoms with Gasteiger partial charge in [0.1, 0.15) is 6.61 Å². The number of carbonyl (C=O) groups is 2. The second-order valence-electron chi connectivity index (χ2n) is 4.29. The third-order valence-electron chi connectivity index (χ3n) is 3.36. The molecule has 0 spiro atoms. The Morgan fingerprint density at radius 3 is 2.88 bits per heavy atom. The van der Waals surface area contributed by atoms with Crippen LogP contribution in [0.5, 0.6) is 0 Å². The first-order valence-corrected chi connectivity index (χ1v) is 5.40. The van der Waals surface area contributed by atoms with Crippen molar-refractivity contribution in [3.05, 3.63) is 12.7 Å². The van der Waals surface area contributed by atoms with Crippen molar-refractivity contribution in [1.29, 1.82) is 0 Å². The molecule has 2 rings (SSSR count). The molecule has 2 fully saturated rings. The van der Waals surface area contributed by atoms with Gasteiger partial charge in [-0.15, -0.1) is 0 Å². The topological polar surface area (TPSA) is 66.8 Å². The molecule has 1 saturated carbocycles. The summed E-state index contributed by atoms with van der Waals surface area (Å²) in [4.78, 5) is 23.9. The standard InChI is InChI=1S/C11H15NO4/c1-2-5-16-11(15)12-4-3-7-8(6-12)9(7)10(13)14/h2,7-9H,1,3-6H2,(H,13,14)/t7-,8+,9+/m0/s1. The van der Waals surface area contributed by atoms with Crippen LogP contribution in [-0.2, 0) is 9.53 Å². The molecule has 0 aromatic heterocycles. The van der Waals surface area contributed by atoms with Crippen LogP contribution in [-0.4, -0.2) is 41.8 Å². The van der Waals surface area contributed by atoms with Crippen molar-refractivity contribution in [2.45, 2.75) is 6.42 Å². The molecule has 5 nitrogen and oxygen atoms in total. The largest absolute Gasteiger partial charge is 0.481 e. The number of hydrogen-bond acceptors (Lipinski definition) is 3. The van der Waals surface area contributed by atoms with Crippen molar-refractivity contribution in [1.82, 2.24) is 4.90 Å². The van der Waals surface area contributed by atoms with Crippen LogP contribution in [0.25, 0.3) is 0 Å². The monoisotopic (exact) mass is 225 g/mol. The molecule has 0 radical (unpaired) electrons. The number of rotatable bonds is 3. The first-order chi connectivity index (χ1) is 7.65. The molecule has 0 unspecified atom stereocenters. The number of nitrogens with zero attached hydrogens (tertiary/aromatic N) is 1. The minimum atomic E-state index is -0.740. The normalized spacial score (nSPS) is 31.5. The van der Waals surface area contributed by atoms with Gasteiger partial charge in [0.05, 0.1) is 5.92 Å². The lowest BCUT2D eigenvalue weighted by molar-refractivity contribution is -0.139. The average Bonchev–Trinajstić information content (AvgIpc) is 2.98. The summed E-state index contributed by atoms with van der Waals surface area (Å²) in [5, 5.41) is 8.90. The minimum Gasteiger partial charge on any atom is -0.481 e. The van der Waals surface area contributed by atoms with Crippen LogP contribution in [0.3, 0.4) is 0 Å². The summed E-state index contributed by atoms with van der Waals surface area (Å²) in [5.41, 5.74) is 0. The fourth-order valence-electron chi connectivity index (χ4n) is 2.49. The highest BCUT2D eigenvalue weighted by atomic mass is 16.6. The molecule has 1 saturated heterocycles. The van der Waals surface area contributed by atoms with Crippen LogP contribution in [0.1, 0.15) is 6.42 Å². The van der Waals surface area contributed by atoms with Crippen LogP contribution >= 0.6 is 0 Å². The van der Waals surface area contributed by atoms with Crippen LogP contribution in [0.4, 0.5) is 4.79 Å². The molecule has 1 N–H and O–H groups in total. The maximum atomic E-state index is 11.5. The van der Waals surface area contributed by atoms with Gasteiger partial charge in [0.2, 0.25) is 0 Å². The zero-order chi connectivity index (χ0) is 11.7. The summed E-state index contributed by atoms with van der Waals surface area (Å²) in [6.45, 7) is 4.77. The molecular weight excluding hydrogens is 210 g/mol. The SMILES string of the molecule is C=CCOC(=O)N1CC[C@H]2[C@@H](C1)[C@@H]2C(=O)O. The van der Waals surface area contributed by atoms with E-state index in [-0.39, 0.29) is 30.5 Å². The van der Waals surface area contributed by atoms with Crippen LogP contribution in [0.2, 0.25) is 0 Å². The zero-order valence-electron chi connectivity index (χ0n) is 8.96. The number of aliphatic carboxylic acids is 1. The van der Waals surface area contributed by atoms with Gasteiger partial charge in [0.15, 0.2) is 0 Å². The van der Waals surface area contributed by atoms with E-state index in [9.17, 15) is 9.59 Å². The van der Waals surface area contributed by atoms with Gasteiger partial charge < -0.3 is 14.7 Å². The number of carboxylic acid groups (broad SMARTS) is 1. The minimum absolute atomic E-state index is 0.127. The first-order valence-electron chi connectivity index (χ1n) is 5.40. The molecule has 88 valence electrons. The van der Waals surface area contributed by atoms with E-state index in [4.69, 9.17) is 9.84 Å². The quantitative estimate of drug-likeness (QED) is 0.726. The molecule has 1 aliphatic carbocycles. The van der Waals surface area contributed by atoms with E-state index in [1.54, 1.807) is 4.90 Å². The molecule has 1 aliphatic heterocycles. The van der Waals surface area contributed by atoms with E-state index in [1.165, 1.54) is 6.08 Å². The highest BCUT2D eigenvalue weighted by Gasteiger charge is 2.57. The number of fused-ring (bicyclic) bond motifs is 1. The molecule has 1 amide bonds. The van der Waals surface area contributed by atoms with Gasteiger partial charge in [-0.3, -0.25) is 4.79 Å². The second-order valence-corrected chi connectivity index (χ2v) is 4.29. The third-order valence-corrected chi connectivity index (χ3v) is 3.36. The average molecular weight is 225 g/mol. The molecule has 2 aliphatic rings. The summed E-state index contributed by atoms with van der Waals surface area (Å²) < 4.78 is 4.91. The van der Waals surface area contributed by atoms with Gasteiger partial charge in [0.25, 0.3) is 0 Å². The second kappa shape index (κ2) is 4.15. The Kier molecular flexibility index (Phi) is 2.85. The summed E-state index contributed by atoms with van der Waals surface area (Å²) in [6.07, 6.45) is 1.92. The van der Waals surface area contributed by atoms with E-state index in [0.29, 0.717) is 13.1 Å². The van der Waals surface area contributed by atoms with E-state index in [1.807, 2.05) is 0 Å². The Hall–Kier alpha value is -1.52. The lowest BCUT2D eigenvalue weighted by Crippen LogP contribution is -2.37. The number of carbonyl (C=O) groups excluding carboxylic acids is 1. The highest BCUT2D eigenvalue weighted by Crippen LogP contribution is 2.51. The van der Waals surface area contributed by atoms with Crippen molar-refractivity contribution in [2.75, 3.05) is 19.7 Å². The molecule has 3 atom stereocenters. The fraction of sp³-hybridized carbons (Fsp3) is 0.636. The smallest absolute Gasteiger partial charge is 0.410 e. The summed E-state index contributed by atoms with van der Waals surface area (Å²) in [7, 11) is 0. The number of likely N-dealkylation sites (tertiary alicyclic amines) is 1. The maximum absolute atomic E-state index is 11.5. The maximum Gasteiger partial charge on any atom is 0.410 e. The Bertz CT molecular complexity index is 328. The van der Waals surface area contributed by atoms with E-state index < -0.39 is 5.97 Å². The fourth-order valence-corrected chi connectivity index (χ4v) is 2.49. The molecule has 0 bridgehead atoms. The number of piperidine rings is 1. The van der Waals surface area contributed by atoms with Gasteiger partial charge in [-0.1, -0.05) is 12.7 Å². The Morgan fingerprint density at radius 1 is 1.50 bits per heavy atom. The van der Waals surface area contributed by atoms with E-state index in [0.717, 1.165) is 6.42 Å². The van der Waals surface area contributed by atoms with E-state index >= 15 is 0 Å². The Morgan fingerprint density at radius 2 is 2.25 bits per heavy atom. The summed E-state index contributed by atoms with van der Waals surface area (Å²) in [6, 6.07) is 0. The predicted octanol–water partition coefficient (Wildman–Crippen LogP) is 0.962. The number of amides is 1. The molecule has 0 aromatic rings. The molecule has 16 heavy (non-hydrogen) atoms. The van der Waals surface area contributed by atoms with Gasteiger partial charge in [-0.25, -0.2) is 4.79 Å². The Balaban J connectivity index is 1.85. The molecule has 0 aromatic carbocycles. The summed E-state index contributed by atoms with van der Waals surface area (Å²) in [5.74, 6) is -0.600. The van der Waals surface area contributed by atoms with Gasteiger partial charge in [0, 0.05) is 13.1 Å². The van der Waals surface area contributed by atoms with Crippen molar-refractivity contribution in [2.24, 2.45) is 17.8 Å². The molecule has 5 heteroatoms. The van der Waals surface area contributed by atoms with Gasteiger partial charge >= 0.3 is 12.1 Å². The van der Waals surface area contributed by atoms with E-state index in [2.05, 4.69) is 6.58 Å². The molecule has 1 heterocycles. The van der Waals surface area contributed by atoms with Crippen molar-refractivity contribution < 1.29 is 19.4 Å². The van der Waals surface area contributed by atoms with Crippen molar-refractivity contribution in [3.8, 4) is 0 Å². The van der Waals surface area contributed by atoms with Crippen molar-refractivity contribution in [3.63, 3.8) is 0 Å². The lowest BCUT2D eigenvalue weighted by Gasteiger charge is -2.24. The first kappa shape index (κ1) is 11.0. The van der Waals surface area contributed by atoms with Crippen LogP contribution in [0, 0.1) is 17.8 Å². The molecular formula is C11H15NO4. The van der Waals surface area contributed by atoms with Gasteiger partial charge in [-0.05, 0) is 18.3 Å². The predicted molar refractivity (Wildman–Crippen MR) is 55.8 cm³/mol.